The molecule has 0 rings (SSSR count). The summed E-state index contributed by atoms with van der Waals surface area (Å²) in [4.78, 5) is 11.5. The minimum Gasteiger partial charge on any atom is -0.372 e. The van der Waals surface area contributed by atoms with Gasteiger partial charge in [-0.25, -0.2) is 0 Å². The number of amides is 1. The molecule has 2 N–H and O–H groups in total. The Bertz CT molecular complexity index is 192. The fourth-order valence-corrected chi connectivity index (χ4v) is 1.49. The zero-order chi connectivity index (χ0) is 13.1. The van der Waals surface area contributed by atoms with Crippen LogP contribution in [0.5, 0.6) is 0 Å². The number of carbonyl (C=O) groups excluding carboxylic acids is 1. The normalized spacial score (nSPS) is 11.2. The lowest BCUT2D eigenvalue weighted by Crippen LogP contribution is -2.36. The molecule has 0 aliphatic rings. The van der Waals surface area contributed by atoms with Gasteiger partial charge in [-0.2, -0.15) is 0 Å². The van der Waals surface area contributed by atoms with E-state index < -0.39 is 0 Å². The van der Waals surface area contributed by atoms with Crippen LogP contribution < -0.4 is 10.6 Å². The van der Waals surface area contributed by atoms with Crippen molar-refractivity contribution in [2.24, 2.45) is 0 Å². The summed E-state index contributed by atoms with van der Waals surface area (Å²) in [7, 11) is 0. The third-order valence-electron chi connectivity index (χ3n) is 2.60. The van der Waals surface area contributed by atoms with Gasteiger partial charge in [0.25, 0.3) is 0 Å². The Labute approximate surface area is 105 Å². The Hall–Kier alpha value is -0.610. The van der Waals surface area contributed by atoms with E-state index in [0.717, 1.165) is 25.8 Å². The molecule has 0 radical (unpaired) electrons. The molecule has 0 fully saturated rings. The lowest BCUT2D eigenvalue weighted by atomic mass is 10.2. The van der Waals surface area contributed by atoms with Gasteiger partial charge in [0.05, 0.1) is 0 Å². The van der Waals surface area contributed by atoms with E-state index in [2.05, 4.69) is 38.3 Å². The maximum Gasteiger partial charge on any atom is 0.246 e. The summed E-state index contributed by atoms with van der Waals surface area (Å²) in [5, 5.41) is 6.25. The van der Waals surface area contributed by atoms with Crippen molar-refractivity contribution in [3.8, 4) is 0 Å². The van der Waals surface area contributed by atoms with Crippen molar-refractivity contribution in [3.05, 3.63) is 0 Å². The Kier molecular flexibility index (Phi) is 10.2. The van der Waals surface area contributed by atoms with Crippen molar-refractivity contribution in [3.63, 3.8) is 0 Å². The highest BCUT2D eigenvalue weighted by Crippen LogP contribution is 1.95. The van der Waals surface area contributed by atoms with Gasteiger partial charge in [0.2, 0.25) is 5.91 Å². The van der Waals surface area contributed by atoms with Crippen molar-refractivity contribution >= 4 is 5.91 Å². The molecule has 0 aromatic carbocycles. The highest BCUT2D eigenvalue weighted by molar-refractivity contribution is 5.77. The first kappa shape index (κ1) is 16.4. The highest BCUT2D eigenvalue weighted by atomic mass is 16.5. The minimum atomic E-state index is -0.00415. The number of rotatable bonds is 10. The van der Waals surface area contributed by atoms with Crippen LogP contribution in [0.2, 0.25) is 0 Å². The quantitative estimate of drug-likeness (QED) is 0.575. The molecule has 17 heavy (non-hydrogen) atoms. The predicted octanol–water partition coefficient (Wildman–Crippen LogP) is 1.70. The minimum absolute atomic E-state index is 0.00415. The van der Waals surface area contributed by atoms with E-state index in [0.29, 0.717) is 12.6 Å². The van der Waals surface area contributed by atoms with Crippen molar-refractivity contribution in [2.75, 3.05) is 19.8 Å². The van der Waals surface area contributed by atoms with Crippen LogP contribution in [0.25, 0.3) is 0 Å². The van der Waals surface area contributed by atoms with E-state index in [4.69, 9.17) is 4.74 Å². The van der Waals surface area contributed by atoms with E-state index >= 15 is 0 Å². The topological polar surface area (TPSA) is 50.4 Å². The van der Waals surface area contributed by atoms with Crippen molar-refractivity contribution in [1.82, 2.24) is 10.6 Å². The van der Waals surface area contributed by atoms with Gasteiger partial charge < -0.3 is 15.4 Å². The first-order valence-electron chi connectivity index (χ1n) is 6.70. The van der Waals surface area contributed by atoms with E-state index in [1.807, 2.05) is 0 Å². The third kappa shape index (κ3) is 10.3. The highest BCUT2D eigenvalue weighted by Gasteiger charge is 2.07. The Morgan fingerprint density at radius 1 is 1.24 bits per heavy atom. The fraction of sp³-hybridized carbons (Fsp3) is 0.923. The standard InChI is InChI=1S/C13H28N2O2/c1-5-12(6-2)15-13(16)10-17-9-7-8-14-11(3)4/h11-12,14H,5-10H2,1-4H3,(H,15,16). The summed E-state index contributed by atoms with van der Waals surface area (Å²) < 4.78 is 5.32. The van der Waals surface area contributed by atoms with Gasteiger partial charge in [0.1, 0.15) is 6.61 Å². The SMILES string of the molecule is CCC(CC)NC(=O)COCCCNC(C)C. The van der Waals surface area contributed by atoms with Crippen LogP contribution in [0.4, 0.5) is 0 Å². The lowest BCUT2D eigenvalue weighted by Gasteiger charge is -2.14. The molecule has 0 aromatic rings. The van der Waals surface area contributed by atoms with Crippen LogP contribution in [0.15, 0.2) is 0 Å². The average Bonchev–Trinajstić information content (AvgIpc) is 2.30. The number of hydrogen-bond donors (Lipinski definition) is 2. The second-order valence-corrected chi connectivity index (χ2v) is 4.60. The number of ether oxygens (including phenoxy) is 1. The molecule has 0 bridgehead atoms. The fourth-order valence-electron chi connectivity index (χ4n) is 1.49. The van der Waals surface area contributed by atoms with E-state index in [1.54, 1.807) is 0 Å². The molecular formula is C13H28N2O2. The summed E-state index contributed by atoms with van der Waals surface area (Å²) in [5.74, 6) is -0.00415. The van der Waals surface area contributed by atoms with Crippen LogP contribution in [-0.4, -0.2) is 37.7 Å². The van der Waals surface area contributed by atoms with Gasteiger partial charge in [-0.1, -0.05) is 27.7 Å². The largest absolute Gasteiger partial charge is 0.372 e. The summed E-state index contributed by atoms with van der Waals surface area (Å²) in [6.45, 7) is 10.1. The van der Waals surface area contributed by atoms with Gasteiger partial charge in [-0.05, 0) is 25.8 Å². The first-order valence-corrected chi connectivity index (χ1v) is 6.70. The molecule has 0 saturated carbocycles. The second-order valence-electron chi connectivity index (χ2n) is 4.60. The summed E-state index contributed by atoms with van der Waals surface area (Å²) in [5.41, 5.74) is 0. The van der Waals surface area contributed by atoms with Gasteiger partial charge in [-0.3, -0.25) is 4.79 Å². The molecule has 4 heteroatoms. The van der Waals surface area contributed by atoms with Crippen LogP contribution in [0, 0.1) is 0 Å². The Morgan fingerprint density at radius 3 is 2.41 bits per heavy atom. The molecular weight excluding hydrogens is 216 g/mol. The molecule has 0 unspecified atom stereocenters. The van der Waals surface area contributed by atoms with Gasteiger partial charge in [0, 0.05) is 18.7 Å². The van der Waals surface area contributed by atoms with Crippen LogP contribution in [0.1, 0.15) is 47.0 Å². The Morgan fingerprint density at radius 2 is 1.88 bits per heavy atom. The van der Waals surface area contributed by atoms with Gasteiger partial charge >= 0.3 is 0 Å². The maximum absolute atomic E-state index is 11.5. The third-order valence-corrected chi connectivity index (χ3v) is 2.60. The predicted molar refractivity (Wildman–Crippen MR) is 71.1 cm³/mol. The van der Waals surface area contributed by atoms with Crippen molar-refractivity contribution in [2.45, 2.75) is 59.0 Å². The average molecular weight is 244 g/mol. The van der Waals surface area contributed by atoms with Gasteiger partial charge in [-0.15, -0.1) is 0 Å². The summed E-state index contributed by atoms with van der Waals surface area (Å²) in [6.07, 6.45) is 2.89. The molecule has 4 nitrogen and oxygen atoms in total. The molecule has 0 atom stereocenters. The molecule has 1 amide bonds. The van der Waals surface area contributed by atoms with E-state index in [1.165, 1.54) is 0 Å². The number of carbonyl (C=O) groups is 1. The van der Waals surface area contributed by atoms with Crippen molar-refractivity contribution in [1.29, 1.82) is 0 Å². The molecule has 0 aromatic heterocycles. The zero-order valence-electron chi connectivity index (χ0n) is 11.7. The van der Waals surface area contributed by atoms with E-state index in [-0.39, 0.29) is 18.6 Å². The zero-order valence-corrected chi connectivity index (χ0v) is 11.7. The summed E-state index contributed by atoms with van der Waals surface area (Å²) in [6, 6.07) is 0.793. The monoisotopic (exact) mass is 244 g/mol. The Balaban J connectivity index is 3.39. The maximum atomic E-state index is 11.5. The smallest absolute Gasteiger partial charge is 0.246 e. The lowest BCUT2D eigenvalue weighted by molar-refractivity contribution is -0.126. The van der Waals surface area contributed by atoms with Crippen LogP contribution >= 0.6 is 0 Å². The van der Waals surface area contributed by atoms with Crippen LogP contribution in [0.3, 0.4) is 0 Å². The van der Waals surface area contributed by atoms with Crippen molar-refractivity contribution < 1.29 is 9.53 Å². The number of hydrogen-bond acceptors (Lipinski definition) is 3. The molecule has 0 spiro atoms. The van der Waals surface area contributed by atoms with Gasteiger partial charge in [0.15, 0.2) is 0 Å². The second kappa shape index (κ2) is 10.5. The molecule has 0 heterocycles. The first-order chi connectivity index (χ1) is 8.10. The van der Waals surface area contributed by atoms with Crippen LogP contribution in [-0.2, 0) is 9.53 Å². The summed E-state index contributed by atoms with van der Waals surface area (Å²) >= 11 is 0. The number of nitrogens with one attached hydrogen (secondary N) is 2. The molecule has 0 saturated heterocycles. The molecule has 0 aliphatic heterocycles. The van der Waals surface area contributed by atoms with E-state index in [9.17, 15) is 4.79 Å². The molecule has 0 aliphatic carbocycles. The molecule has 102 valence electrons.